The average Bonchev–Trinajstić information content (AvgIpc) is 2.45. The van der Waals surface area contributed by atoms with Crippen LogP contribution < -0.4 is 0 Å². The normalized spacial score (nSPS) is 12.4. The maximum absolute atomic E-state index is 12.6. The summed E-state index contributed by atoms with van der Waals surface area (Å²) in [5.74, 6) is 0. The van der Waals surface area contributed by atoms with Gasteiger partial charge in [-0.2, -0.15) is 0 Å². The molecule has 0 saturated heterocycles. The first-order chi connectivity index (χ1) is 9.61. The van der Waals surface area contributed by atoms with Gasteiger partial charge in [0.1, 0.15) is 6.10 Å². The lowest BCUT2D eigenvalue weighted by Gasteiger charge is -2.13. The molecule has 0 fully saturated rings. The van der Waals surface area contributed by atoms with Crippen LogP contribution in [-0.4, -0.2) is 0 Å². The third-order valence-electron chi connectivity index (χ3n) is 3.81. The Kier molecular flexibility index (Phi) is 4.97. The van der Waals surface area contributed by atoms with E-state index in [-0.39, 0.29) is 0 Å². The van der Waals surface area contributed by atoms with Crippen molar-refractivity contribution in [2.45, 2.75) is 46.1 Å². The van der Waals surface area contributed by atoms with Gasteiger partial charge in [0.25, 0.3) is 0 Å². The van der Waals surface area contributed by atoms with E-state index in [9.17, 15) is 5.11 Å². The van der Waals surface area contributed by atoms with Crippen molar-refractivity contribution in [1.29, 1.82) is 0 Å². The molecule has 0 aliphatic rings. The highest BCUT2D eigenvalue weighted by Crippen LogP contribution is 2.26. The summed E-state index contributed by atoms with van der Waals surface area (Å²) in [5, 5.41) is 12.6. The summed E-state index contributed by atoms with van der Waals surface area (Å²) in [6, 6.07) is 14.2. The van der Waals surface area contributed by atoms with Gasteiger partial charge in [0.2, 0.25) is 0 Å². The van der Waals surface area contributed by atoms with Crippen LogP contribution in [-0.2, 0) is 11.5 Å². The molecule has 0 heterocycles. The van der Waals surface area contributed by atoms with Gasteiger partial charge in [0, 0.05) is 0 Å². The highest BCUT2D eigenvalue weighted by molar-refractivity contribution is 5.38. The van der Waals surface area contributed by atoms with Crippen molar-refractivity contribution in [2.24, 2.45) is 0 Å². The van der Waals surface area contributed by atoms with E-state index < -0.39 is 6.10 Å². The highest BCUT2D eigenvalue weighted by Gasteiger charge is 2.14. The third kappa shape index (κ3) is 3.49. The molecule has 0 aromatic heterocycles. The van der Waals surface area contributed by atoms with E-state index in [1.54, 1.807) is 0 Å². The molecule has 0 saturated carbocycles. The molecule has 20 heavy (non-hydrogen) atoms. The van der Waals surface area contributed by atoms with Gasteiger partial charge in [-0.15, -0.1) is 0 Å². The molecule has 1 radical (unpaired) electrons. The molecule has 0 bridgehead atoms. The van der Waals surface area contributed by atoms with Crippen LogP contribution in [0.1, 0.15) is 53.7 Å². The number of hydrogen-bond donors (Lipinski definition) is 0. The maximum atomic E-state index is 12.6. The maximum Gasteiger partial charge on any atom is 0.143 e. The minimum absolute atomic E-state index is 0.782. The lowest BCUT2D eigenvalue weighted by atomic mass is 9.95. The molecule has 2 aromatic carbocycles. The molecule has 0 amide bonds. The van der Waals surface area contributed by atoms with Crippen molar-refractivity contribution in [3.63, 3.8) is 0 Å². The number of aryl methyl sites for hydroxylation is 3. The topological polar surface area (TPSA) is 19.9 Å². The predicted molar refractivity (Wildman–Crippen MR) is 83.5 cm³/mol. The summed E-state index contributed by atoms with van der Waals surface area (Å²) >= 11 is 0. The molecule has 1 nitrogen and oxygen atoms in total. The van der Waals surface area contributed by atoms with E-state index in [1.807, 2.05) is 31.2 Å². The van der Waals surface area contributed by atoms with E-state index in [0.29, 0.717) is 0 Å². The predicted octanol–water partition coefficient (Wildman–Crippen LogP) is 5.17. The van der Waals surface area contributed by atoms with Crippen LogP contribution in [0.15, 0.2) is 42.5 Å². The summed E-state index contributed by atoms with van der Waals surface area (Å²) in [4.78, 5) is 0. The van der Waals surface area contributed by atoms with Gasteiger partial charge in [0.15, 0.2) is 0 Å². The second kappa shape index (κ2) is 6.71. The molecular weight excluding hydrogens is 244 g/mol. The Morgan fingerprint density at radius 2 is 1.70 bits per heavy atom. The first-order valence-corrected chi connectivity index (χ1v) is 7.43. The molecule has 1 heteroatoms. The van der Waals surface area contributed by atoms with Crippen molar-refractivity contribution in [1.82, 2.24) is 0 Å². The Morgan fingerprint density at radius 1 is 1.00 bits per heavy atom. The van der Waals surface area contributed by atoms with Crippen molar-refractivity contribution in [2.75, 3.05) is 0 Å². The van der Waals surface area contributed by atoms with Crippen LogP contribution in [0.5, 0.6) is 0 Å². The second-order valence-corrected chi connectivity index (χ2v) is 5.59. The van der Waals surface area contributed by atoms with E-state index in [0.717, 1.165) is 23.1 Å². The Balaban J connectivity index is 2.18. The van der Waals surface area contributed by atoms with Crippen LogP contribution in [0.2, 0.25) is 0 Å². The third-order valence-corrected chi connectivity index (χ3v) is 3.81. The summed E-state index contributed by atoms with van der Waals surface area (Å²) in [5.41, 5.74) is 5.35. The molecule has 2 rings (SSSR count). The number of rotatable bonds is 5. The quantitative estimate of drug-likeness (QED) is 0.712. The standard InChI is InChI=1S/C19H23O/c1-4-5-6-16-8-10-17(11-9-16)19(20)18-12-7-14(2)13-15(18)3/h7-13,19H,4-6H2,1-3H3. The Labute approximate surface area is 122 Å². The number of benzene rings is 2. The smallest absolute Gasteiger partial charge is 0.143 e. The van der Waals surface area contributed by atoms with E-state index in [2.05, 4.69) is 32.0 Å². The van der Waals surface area contributed by atoms with E-state index in [1.165, 1.54) is 24.0 Å². The van der Waals surface area contributed by atoms with Gasteiger partial charge in [-0.3, -0.25) is 0 Å². The molecule has 0 N–H and O–H groups in total. The zero-order valence-electron chi connectivity index (χ0n) is 12.6. The minimum Gasteiger partial charge on any atom is -0.223 e. The summed E-state index contributed by atoms with van der Waals surface area (Å²) in [7, 11) is 0. The first kappa shape index (κ1) is 14.8. The SMILES string of the molecule is CCCCc1ccc(C([O])c2ccc(C)cc2C)cc1. The van der Waals surface area contributed by atoms with Crippen LogP contribution in [0.3, 0.4) is 0 Å². The first-order valence-electron chi connectivity index (χ1n) is 7.43. The van der Waals surface area contributed by atoms with Gasteiger partial charge in [-0.05, 0) is 48.9 Å². The number of unbranched alkanes of at least 4 members (excludes halogenated alkanes) is 1. The molecule has 1 atom stereocenters. The summed E-state index contributed by atoms with van der Waals surface area (Å²) in [6.45, 7) is 6.27. The molecule has 0 spiro atoms. The molecule has 105 valence electrons. The average molecular weight is 267 g/mol. The Bertz CT molecular complexity index is 554. The lowest BCUT2D eigenvalue weighted by Crippen LogP contribution is -2.01. The fraction of sp³-hybridized carbons (Fsp3) is 0.368. The number of hydrogen-bond acceptors (Lipinski definition) is 0. The fourth-order valence-electron chi connectivity index (χ4n) is 2.54. The highest BCUT2D eigenvalue weighted by atomic mass is 16.3. The van der Waals surface area contributed by atoms with Crippen LogP contribution in [0, 0.1) is 13.8 Å². The van der Waals surface area contributed by atoms with Crippen molar-refractivity contribution in [3.8, 4) is 0 Å². The van der Waals surface area contributed by atoms with Crippen molar-refractivity contribution in [3.05, 3.63) is 70.3 Å². The van der Waals surface area contributed by atoms with E-state index >= 15 is 0 Å². The largest absolute Gasteiger partial charge is 0.223 e. The monoisotopic (exact) mass is 267 g/mol. The van der Waals surface area contributed by atoms with Crippen LogP contribution >= 0.6 is 0 Å². The fourth-order valence-corrected chi connectivity index (χ4v) is 2.54. The van der Waals surface area contributed by atoms with Crippen LogP contribution in [0.4, 0.5) is 0 Å². The summed E-state index contributed by atoms with van der Waals surface area (Å²) in [6.07, 6.45) is 2.73. The van der Waals surface area contributed by atoms with E-state index in [4.69, 9.17) is 0 Å². The van der Waals surface area contributed by atoms with Crippen molar-refractivity contribution >= 4 is 0 Å². The van der Waals surface area contributed by atoms with Crippen molar-refractivity contribution < 1.29 is 5.11 Å². The lowest BCUT2D eigenvalue weighted by molar-refractivity contribution is 0.124. The zero-order valence-corrected chi connectivity index (χ0v) is 12.6. The molecular formula is C19H23O. The summed E-state index contributed by atoms with van der Waals surface area (Å²) < 4.78 is 0. The van der Waals surface area contributed by atoms with Gasteiger partial charge in [-0.25, -0.2) is 5.11 Å². The Morgan fingerprint density at radius 3 is 2.30 bits per heavy atom. The molecule has 2 aromatic rings. The van der Waals surface area contributed by atoms with Gasteiger partial charge in [0.05, 0.1) is 0 Å². The zero-order chi connectivity index (χ0) is 14.5. The van der Waals surface area contributed by atoms with Gasteiger partial charge in [-0.1, -0.05) is 61.4 Å². The molecule has 1 unspecified atom stereocenters. The van der Waals surface area contributed by atoms with Gasteiger partial charge < -0.3 is 0 Å². The Hall–Kier alpha value is -1.60. The van der Waals surface area contributed by atoms with Crippen LogP contribution in [0.25, 0.3) is 0 Å². The minimum atomic E-state index is -0.782. The molecule has 0 aliphatic carbocycles. The molecule has 0 aliphatic heterocycles. The van der Waals surface area contributed by atoms with Gasteiger partial charge >= 0.3 is 0 Å². The second-order valence-electron chi connectivity index (χ2n) is 5.59.